The Bertz CT molecular complexity index is 1010. The summed E-state index contributed by atoms with van der Waals surface area (Å²) in [6, 6.07) is 6.77. The predicted molar refractivity (Wildman–Crippen MR) is 118 cm³/mol. The fourth-order valence-corrected chi connectivity index (χ4v) is 4.90. The summed E-state index contributed by atoms with van der Waals surface area (Å²) < 4.78 is 40.4. The highest BCUT2D eigenvalue weighted by Gasteiger charge is 2.30. The van der Waals surface area contributed by atoms with Crippen molar-refractivity contribution in [2.45, 2.75) is 46.5 Å². The lowest BCUT2D eigenvalue weighted by Crippen LogP contribution is -2.49. The molecule has 1 saturated heterocycles. The van der Waals surface area contributed by atoms with E-state index in [1.54, 1.807) is 23.4 Å². The minimum atomic E-state index is -3.21. The van der Waals surface area contributed by atoms with Crippen LogP contribution in [-0.4, -0.2) is 54.6 Å². The van der Waals surface area contributed by atoms with E-state index < -0.39 is 10.0 Å². The molecule has 1 aromatic heterocycles. The highest BCUT2D eigenvalue weighted by atomic mass is 32.2. The Morgan fingerprint density at radius 2 is 1.70 bits per heavy atom. The van der Waals surface area contributed by atoms with Gasteiger partial charge in [0.1, 0.15) is 17.5 Å². The molecule has 1 aliphatic heterocycles. The molecule has 1 aromatic carbocycles. The minimum Gasteiger partial charge on any atom is -0.354 e. The molecule has 0 atom stereocenters. The van der Waals surface area contributed by atoms with Crippen molar-refractivity contribution in [2.75, 3.05) is 36.8 Å². The number of hydrogen-bond acceptors (Lipinski definition) is 5. The second-order valence-electron chi connectivity index (χ2n) is 8.73. The Morgan fingerprint density at radius 1 is 1.07 bits per heavy atom. The van der Waals surface area contributed by atoms with Crippen LogP contribution in [0.15, 0.2) is 24.3 Å². The summed E-state index contributed by atoms with van der Waals surface area (Å²) in [5.74, 6) is 1.30. The molecule has 0 unspecified atom stereocenters. The zero-order valence-electron chi connectivity index (χ0n) is 18.4. The average Bonchev–Trinajstić information content (AvgIpc) is 2.70. The molecule has 1 aliphatic rings. The molecule has 2 heterocycles. The van der Waals surface area contributed by atoms with Gasteiger partial charge in [0, 0.05) is 43.6 Å². The number of benzene rings is 1. The van der Waals surface area contributed by atoms with Crippen molar-refractivity contribution in [3.63, 3.8) is 0 Å². The smallest absolute Gasteiger partial charge is 0.213 e. The van der Waals surface area contributed by atoms with E-state index in [0.29, 0.717) is 44.0 Å². The van der Waals surface area contributed by atoms with E-state index in [1.807, 2.05) is 13.0 Å². The Morgan fingerprint density at radius 3 is 2.27 bits per heavy atom. The lowest BCUT2D eigenvalue weighted by atomic mass is 9.86. The van der Waals surface area contributed by atoms with Gasteiger partial charge in [-0.3, -0.25) is 0 Å². The van der Waals surface area contributed by atoms with E-state index in [0.717, 1.165) is 17.1 Å². The van der Waals surface area contributed by atoms with Crippen LogP contribution in [0.5, 0.6) is 0 Å². The second-order valence-corrected chi connectivity index (χ2v) is 11.0. The molecule has 30 heavy (non-hydrogen) atoms. The number of nitrogens with zero attached hydrogens (tertiary/aromatic N) is 4. The van der Waals surface area contributed by atoms with Crippen molar-refractivity contribution in [1.29, 1.82) is 0 Å². The largest absolute Gasteiger partial charge is 0.354 e. The first-order valence-corrected chi connectivity index (χ1v) is 12.0. The molecule has 0 radical (unpaired) electrons. The molecule has 3 rings (SSSR count). The normalized spacial score (nSPS) is 16.1. The maximum absolute atomic E-state index is 14.5. The van der Waals surface area contributed by atoms with E-state index in [4.69, 9.17) is 9.97 Å². The van der Waals surface area contributed by atoms with Crippen LogP contribution in [0.1, 0.15) is 50.3 Å². The summed E-state index contributed by atoms with van der Waals surface area (Å²) in [5, 5.41) is 0. The van der Waals surface area contributed by atoms with Gasteiger partial charge in [-0.2, -0.15) is 4.31 Å². The fraction of sp³-hybridized carbons (Fsp3) is 0.545. The molecule has 1 fully saturated rings. The third-order valence-corrected chi connectivity index (χ3v) is 7.31. The van der Waals surface area contributed by atoms with E-state index in [9.17, 15) is 12.8 Å². The zero-order valence-corrected chi connectivity index (χ0v) is 19.3. The lowest BCUT2D eigenvalue weighted by Gasteiger charge is -2.36. The molecular weight excluding hydrogens is 403 g/mol. The maximum Gasteiger partial charge on any atom is 0.213 e. The van der Waals surface area contributed by atoms with Gasteiger partial charge >= 0.3 is 0 Å². The number of sulfonamides is 1. The third kappa shape index (κ3) is 4.81. The number of hydrogen-bond donors (Lipinski definition) is 0. The molecule has 0 saturated carbocycles. The van der Waals surface area contributed by atoms with Crippen LogP contribution < -0.4 is 4.90 Å². The zero-order chi connectivity index (χ0) is 22.1. The quantitative estimate of drug-likeness (QED) is 0.723. The lowest BCUT2D eigenvalue weighted by molar-refractivity contribution is 0.383. The van der Waals surface area contributed by atoms with Crippen molar-refractivity contribution < 1.29 is 12.8 Å². The maximum atomic E-state index is 14.5. The summed E-state index contributed by atoms with van der Waals surface area (Å²) in [5.41, 5.74) is 2.17. The summed E-state index contributed by atoms with van der Waals surface area (Å²) in [7, 11) is -3.21. The number of aryl methyl sites for hydroxylation is 1. The van der Waals surface area contributed by atoms with Crippen LogP contribution in [0.2, 0.25) is 0 Å². The van der Waals surface area contributed by atoms with Gasteiger partial charge in [0.25, 0.3) is 0 Å². The highest BCUT2D eigenvalue weighted by Crippen LogP contribution is 2.33. The summed E-state index contributed by atoms with van der Waals surface area (Å²) >= 11 is 0. The molecule has 0 aliphatic carbocycles. The molecule has 0 amide bonds. The molecule has 0 N–H and O–H groups in total. The molecule has 8 heteroatoms. The predicted octanol–water partition coefficient (Wildman–Crippen LogP) is 3.28. The van der Waals surface area contributed by atoms with Crippen LogP contribution in [0.25, 0.3) is 0 Å². The topological polar surface area (TPSA) is 66.4 Å². The molecule has 0 bridgehead atoms. The van der Waals surface area contributed by atoms with Crippen LogP contribution >= 0.6 is 0 Å². The first-order valence-electron chi connectivity index (χ1n) is 10.4. The fourth-order valence-electron chi connectivity index (χ4n) is 3.82. The van der Waals surface area contributed by atoms with Crippen LogP contribution in [0.3, 0.4) is 0 Å². The van der Waals surface area contributed by atoms with E-state index in [2.05, 4.69) is 25.7 Å². The van der Waals surface area contributed by atoms with Gasteiger partial charge in [-0.25, -0.2) is 22.8 Å². The SMILES string of the molecule is CCS(=O)(=O)N1CCN(c2nc(C)nc(C(C)(C)C)c2Cc2ccccc2F)CC1. The van der Waals surface area contributed by atoms with Gasteiger partial charge in [0.05, 0.1) is 11.4 Å². The Balaban J connectivity index is 2.02. The van der Waals surface area contributed by atoms with Gasteiger partial charge in [-0.05, 0) is 25.5 Å². The summed E-state index contributed by atoms with van der Waals surface area (Å²) in [6.45, 7) is 11.7. The standard InChI is InChI=1S/C22H31FN4O2S/c1-6-30(28,29)27-13-11-26(12-14-27)21-18(15-17-9-7-8-10-19(17)23)20(22(3,4)5)24-16(2)25-21/h7-10H,6,11-15H2,1-5H3. The Kier molecular flexibility index (Phi) is 6.48. The van der Waals surface area contributed by atoms with Gasteiger partial charge < -0.3 is 4.90 Å². The molecule has 0 spiro atoms. The van der Waals surface area contributed by atoms with Crippen LogP contribution in [0, 0.1) is 12.7 Å². The number of anilines is 1. The molecule has 2 aromatic rings. The Labute approximate surface area is 179 Å². The first-order chi connectivity index (χ1) is 14.0. The average molecular weight is 435 g/mol. The van der Waals surface area contributed by atoms with E-state index in [-0.39, 0.29) is 17.0 Å². The van der Waals surface area contributed by atoms with E-state index >= 15 is 0 Å². The van der Waals surface area contributed by atoms with Crippen molar-refractivity contribution >= 4 is 15.8 Å². The van der Waals surface area contributed by atoms with Gasteiger partial charge in [-0.15, -0.1) is 0 Å². The van der Waals surface area contributed by atoms with Crippen molar-refractivity contribution in [2.24, 2.45) is 0 Å². The highest BCUT2D eigenvalue weighted by molar-refractivity contribution is 7.89. The van der Waals surface area contributed by atoms with Crippen molar-refractivity contribution in [3.05, 3.63) is 52.7 Å². The van der Waals surface area contributed by atoms with Crippen molar-refractivity contribution in [3.8, 4) is 0 Å². The van der Waals surface area contributed by atoms with Gasteiger partial charge in [-0.1, -0.05) is 39.0 Å². The van der Waals surface area contributed by atoms with Gasteiger partial charge in [0.15, 0.2) is 0 Å². The van der Waals surface area contributed by atoms with Crippen LogP contribution in [0.4, 0.5) is 10.2 Å². The van der Waals surface area contributed by atoms with Gasteiger partial charge in [0.2, 0.25) is 10.0 Å². The molecule has 164 valence electrons. The van der Waals surface area contributed by atoms with Crippen molar-refractivity contribution in [1.82, 2.24) is 14.3 Å². The number of aromatic nitrogens is 2. The van der Waals surface area contributed by atoms with E-state index in [1.165, 1.54) is 6.07 Å². The first kappa shape index (κ1) is 22.6. The molecule has 6 nitrogen and oxygen atoms in total. The Hall–Kier alpha value is -2.06. The van der Waals surface area contributed by atoms with Crippen LogP contribution in [-0.2, 0) is 21.9 Å². The molecular formula is C22H31FN4O2S. The number of rotatable bonds is 5. The summed E-state index contributed by atoms with van der Waals surface area (Å²) in [6.07, 6.45) is 0.391. The summed E-state index contributed by atoms with van der Waals surface area (Å²) in [4.78, 5) is 11.6. The second kappa shape index (κ2) is 8.59. The monoisotopic (exact) mass is 434 g/mol. The number of piperazine rings is 1. The number of halogens is 1. The third-order valence-electron chi connectivity index (χ3n) is 5.43. The minimum absolute atomic E-state index is 0.103.